The Balaban J connectivity index is 2.15. The molecule has 0 aromatic carbocycles. The van der Waals surface area contributed by atoms with E-state index in [0.29, 0.717) is 5.41 Å². The smallest absolute Gasteiger partial charge is 0.000769 e. The molecular weight excluding hydrogens is 178 g/mol. The number of hydrogen-bond acceptors (Lipinski definition) is 2. The van der Waals surface area contributed by atoms with Crippen LogP contribution in [0.1, 0.15) is 39.0 Å². The van der Waals surface area contributed by atoms with Crippen molar-refractivity contribution < 1.29 is 0 Å². The number of hydrogen-bond donors (Lipinski definition) is 1. The van der Waals surface area contributed by atoms with E-state index in [1.807, 2.05) is 11.8 Å². The van der Waals surface area contributed by atoms with Gasteiger partial charge in [-0.05, 0) is 49.7 Å². The Morgan fingerprint density at radius 1 is 1.38 bits per heavy atom. The monoisotopic (exact) mass is 201 g/mol. The van der Waals surface area contributed by atoms with E-state index in [0.717, 1.165) is 6.54 Å². The number of rotatable bonds is 7. The lowest BCUT2D eigenvalue weighted by molar-refractivity contribution is 0.117. The van der Waals surface area contributed by atoms with Crippen molar-refractivity contribution in [2.24, 2.45) is 5.41 Å². The molecule has 0 heterocycles. The lowest BCUT2D eigenvalue weighted by Crippen LogP contribution is -2.39. The minimum atomic E-state index is 0.700. The Hall–Kier alpha value is 0.310. The van der Waals surface area contributed by atoms with Crippen LogP contribution in [-0.4, -0.2) is 25.1 Å². The zero-order valence-electron chi connectivity index (χ0n) is 9.07. The second kappa shape index (κ2) is 5.92. The molecule has 13 heavy (non-hydrogen) atoms. The van der Waals surface area contributed by atoms with Crippen LogP contribution in [0.3, 0.4) is 0 Å². The molecule has 78 valence electrons. The summed E-state index contributed by atoms with van der Waals surface area (Å²) in [6.45, 7) is 4.59. The van der Waals surface area contributed by atoms with Crippen LogP contribution in [0.5, 0.6) is 0 Å². The van der Waals surface area contributed by atoms with Crippen LogP contribution >= 0.6 is 11.8 Å². The van der Waals surface area contributed by atoms with E-state index < -0.39 is 0 Å². The first-order valence-electron chi connectivity index (χ1n) is 5.53. The third kappa shape index (κ3) is 3.51. The van der Waals surface area contributed by atoms with Crippen molar-refractivity contribution in [1.29, 1.82) is 0 Å². The second-order valence-corrected chi connectivity index (χ2v) is 5.22. The summed E-state index contributed by atoms with van der Waals surface area (Å²) in [5.41, 5.74) is 0.700. The molecule has 0 atom stereocenters. The summed E-state index contributed by atoms with van der Waals surface area (Å²) < 4.78 is 0. The summed E-state index contributed by atoms with van der Waals surface area (Å²) in [5, 5.41) is 3.51. The molecule has 0 unspecified atom stereocenters. The highest BCUT2D eigenvalue weighted by Crippen LogP contribution is 2.44. The average molecular weight is 201 g/mol. The third-order valence-electron chi connectivity index (χ3n) is 3.22. The van der Waals surface area contributed by atoms with Crippen LogP contribution in [0, 0.1) is 5.41 Å². The molecule has 0 radical (unpaired) electrons. The standard InChI is InChI=1S/C11H23NS/c1-3-12-10-11(6-4-7-11)8-5-9-13-2/h12H,3-10H2,1-2H3. The molecule has 1 N–H and O–H groups in total. The summed E-state index contributed by atoms with van der Waals surface area (Å²) in [6.07, 6.45) is 9.46. The molecule has 0 aliphatic heterocycles. The lowest BCUT2D eigenvalue weighted by atomic mass is 9.66. The molecule has 1 saturated carbocycles. The fraction of sp³-hybridized carbons (Fsp3) is 1.00. The maximum atomic E-state index is 3.51. The van der Waals surface area contributed by atoms with Gasteiger partial charge in [0, 0.05) is 6.54 Å². The fourth-order valence-electron chi connectivity index (χ4n) is 2.17. The van der Waals surface area contributed by atoms with Gasteiger partial charge in [-0.3, -0.25) is 0 Å². The van der Waals surface area contributed by atoms with Crippen molar-refractivity contribution in [3.05, 3.63) is 0 Å². The first-order valence-corrected chi connectivity index (χ1v) is 6.92. The van der Waals surface area contributed by atoms with Crippen molar-refractivity contribution in [3.8, 4) is 0 Å². The van der Waals surface area contributed by atoms with Gasteiger partial charge in [-0.2, -0.15) is 11.8 Å². The summed E-state index contributed by atoms with van der Waals surface area (Å²) in [5.74, 6) is 1.34. The van der Waals surface area contributed by atoms with E-state index in [2.05, 4.69) is 18.5 Å². The van der Waals surface area contributed by atoms with E-state index in [9.17, 15) is 0 Å². The normalized spacial score (nSPS) is 19.8. The zero-order chi connectivity index (χ0) is 9.57. The summed E-state index contributed by atoms with van der Waals surface area (Å²) >= 11 is 1.98. The quantitative estimate of drug-likeness (QED) is 0.636. The van der Waals surface area contributed by atoms with Crippen LogP contribution < -0.4 is 5.32 Å². The van der Waals surface area contributed by atoms with Crippen molar-refractivity contribution in [1.82, 2.24) is 5.32 Å². The van der Waals surface area contributed by atoms with Gasteiger partial charge in [-0.15, -0.1) is 0 Å². The topological polar surface area (TPSA) is 12.0 Å². The predicted octanol–water partition coefficient (Wildman–Crippen LogP) is 2.91. The van der Waals surface area contributed by atoms with E-state index in [1.165, 1.54) is 44.4 Å². The van der Waals surface area contributed by atoms with Gasteiger partial charge < -0.3 is 5.32 Å². The summed E-state index contributed by atoms with van der Waals surface area (Å²) in [7, 11) is 0. The fourth-order valence-corrected chi connectivity index (χ4v) is 2.61. The van der Waals surface area contributed by atoms with Crippen molar-refractivity contribution in [3.63, 3.8) is 0 Å². The van der Waals surface area contributed by atoms with Gasteiger partial charge in [-0.25, -0.2) is 0 Å². The largest absolute Gasteiger partial charge is 0.316 e. The molecule has 0 amide bonds. The Bertz CT molecular complexity index is 132. The Labute approximate surface area is 87.1 Å². The van der Waals surface area contributed by atoms with Crippen LogP contribution in [0.25, 0.3) is 0 Å². The number of thioether (sulfide) groups is 1. The summed E-state index contributed by atoms with van der Waals surface area (Å²) in [6, 6.07) is 0. The molecule has 1 nitrogen and oxygen atoms in total. The Morgan fingerprint density at radius 3 is 2.62 bits per heavy atom. The van der Waals surface area contributed by atoms with Crippen molar-refractivity contribution in [2.75, 3.05) is 25.1 Å². The molecule has 0 spiro atoms. The van der Waals surface area contributed by atoms with Gasteiger partial charge in [0.1, 0.15) is 0 Å². The average Bonchev–Trinajstić information content (AvgIpc) is 2.08. The van der Waals surface area contributed by atoms with Gasteiger partial charge >= 0.3 is 0 Å². The maximum absolute atomic E-state index is 3.51. The molecule has 1 fully saturated rings. The molecule has 0 bridgehead atoms. The third-order valence-corrected chi connectivity index (χ3v) is 3.92. The van der Waals surface area contributed by atoms with E-state index in [1.54, 1.807) is 0 Å². The van der Waals surface area contributed by atoms with E-state index in [4.69, 9.17) is 0 Å². The van der Waals surface area contributed by atoms with Crippen LogP contribution in [0.15, 0.2) is 0 Å². The highest BCUT2D eigenvalue weighted by atomic mass is 32.2. The van der Waals surface area contributed by atoms with E-state index in [-0.39, 0.29) is 0 Å². The molecule has 2 heteroatoms. The van der Waals surface area contributed by atoms with E-state index >= 15 is 0 Å². The molecule has 1 rings (SSSR count). The molecule has 0 saturated heterocycles. The van der Waals surface area contributed by atoms with Crippen LogP contribution in [0.4, 0.5) is 0 Å². The molecule has 1 aliphatic carbocycles. The molecule has 0 aromatic rings. The number of nitrogens with one attached hydrogen (secondary N) is 1. The first-order chi connectivity index (χ1) is 6.33. The van der Waals surface area contributed by atoms with Gasteiger partial charge in [0.2, 0.25) is 0 Å². The van der Waals surface area contributed by atoms with Crippen molar-refractivity contribution in [2.45, 2.75) is 39.0 Å². The van der Waals surface area contributed by atoms with Gasteiger partial charge in [0.15, 0.2) is 0 Å². The zero-order valence-corrected chi connectivity index (χ0v) is 9.88. The van der Waals surface area contributed by atoms with Crippen molar-refractivity contribution >= 4 is 11.8 Å². The van der Waals surface area contributed by atoms with Crippen LogP contribution in [-0.2, 0) is 0 Å². The first kappa shape index (κ1) is 11.4. The highest BCUT2D eigenvalue weighted by Gasteiger charge is 2.35. The van der Waals surface area contributed by atoms with Gasteiger partial charge in [0.25, 0.3) is 0 Å². The predicted molar refractivity (Wildman–Crippen MR) is 62.4 cm³/mol. The maximum Gasteiger partial charge on any atom is 0.000769 e. The van der Waals surface area contributed by atoms with Gasteiger partial charge in [0.05, 0.1) is 0 Å². The highest BCUT2D eigenvalue weighted by molar-refractivity contribution is 7.98. The minimum absolute atomic E-state index is 0.700. The molecule has 0 aromatic heterocycles. The lowest BCUT2D eigenvalue weighted by Gasteiger charge is -2.42. The Morgan fingerprint density at radius 2 is 2.15 bits per heavy atom. The molecular formula is C11H23NS. The van der Waals surface area contributed by atoms with Crippen LogP contribution in [0.2, 0.25) is 0 Å². The Kier molecular flexibility index (Phi) is 5.18. The second-order valence-electron chi connectivity index (χ2n) is 4.23. The SMILES string of the molecule is CCNCC1(CCCSC)CCC1. The van der Waals surface area contributed by atoms with Gasteiger partial charge in [-0.1, -0.05) is 13.3 Å². The molecule has 1 aliphatic rings. The summed E-state index contributed by atoms with van der Waals surface area (Å²) in [4.78, 5) is 0. The minimum Gasteiger partial charge on any atom is -0.316 e.